The maximum Gasteiger partial charge on any atom is 0.303 e. The van der Waals surface area contributed by atoms with Crippen LogP contribution in [0.2, 0.25) is 0 Å². The van der Waals surface area contributed by atoms with E-state index in [0.29, 0.717) is 50.4 Å². The van der Waals surface area contributed by atoms with Crippen molar-refractivity contribution in [1.29, 1.82) is 0 Å². The molecule has 9 nitrogen and oxygen atoms in total. The number of fused-ring (bicyclic) bond motifs is 5. The molecule has 0 spiro atoms. The highest BCUT2D eigenvalue weighted by molar-refractivity contribution is 7.87. The number of carbonyl (C=O) groups is 2. The lowest BCUT2D eigenvalue weighted by Gasteiger charge is -2.42. The van der Waals surface area contributed by atoms with Gasteiger partial charge in [0.2, 0.25) is 0 Å². The van der Waals surface area contributed by atoms with E-state index in [2.05, 4.69) is 15.4 Å². The Morgan fingerprint density at radius 3 is 2.39 bits per heavy atom. The van der Waals surface area contributed by atoms with Crippen LogP contribution >= 0.6 is 0 Å². The molecule has 3 aliphatic heterocycles. The molecule has 1 aliphatic carbocycles. The molecule has 1 aromatic heterocycles. The summed E-state index contributed by atoms with van der Waals surface area (Å²) in [5.41, 5.74) is 5.85. The quantitative estimate of drug-likeness (QED) is 0.342. The van der Waals surface area contributed by atoms with Gasteiger partial charge >= 0.3 is 10.2 Å². The number of benzene rings is 2. The van der Waals surface area contributed by atoms with Gasteiger partial charge in [-0.3, -0.25) is 14.5 Å². The van der Waals surface area contributed by atoms with Crippen molar-refractivity contribution in [2.45, 2.75) is 82.2 Å². The predicted molar refractivity (Wildman–Crippen MR) is 187 cm³/mol. The van der Waals surface area contributed by atoms with Crippen molar-refractivity contribution >= 4 is 39.0 Å². The molecule has 4 heterocycles. The van der Waals surface area contributed by atoms with Crippen LogP contribution in [0.1, 0.15) is 85.2 Å². The van der Waals surface area contributed by atoms with E-state index in [9.17, 15) is 26.8 Å². The summed E-state index contributed by atoms with van der Waals surface area (Å²) in [6.45, 7) is 1.75. The fourth-order valence-corrected chi connectivity index (χ4v) is 8.90. The third-order valence-corrected chi connectivity index (χ3v) is 12.3. The molecule has 3 aromatic rings. The van der Waals surface area contributed by atoms with E-state index in [0.717, 1.165) is 57.7 Å². The number of carbonyl (C=O) groups excluding carboxylic acids is 2. The van der Waals surface area contributed by atoms with Crippen molar-refractivity contribution in [1.82, 2.24) is 23.4 Å². The van der Waals surface area contributed by atoms with E-state index in [1.54, 1.807) is 12.1 Å². The lowest BCUT2D eigenvalue weighted by atomic mass is 9.81. The van der Waals surface area contributed by atoms with Crippen LogP contribution in [0.5, 0.6) is 0 Å². The molecule has 3 fully saturated rings. The van der Waals surface area contributed by atoms with Gasteiger partial charge in [-0.15, -0.1) is 0 Å². The molecule has 1 saturated carbocycles. The first-order valence-electron chi connectivity index (χ1n) is 17.5. The first kappa shape index (κ1) is 33.9. The number of amides is 2. The molecule has 0 radical (unpaired) electrons. The molecule has 2 aromatic carbocycles. The van der Waals surface area contributed by atoms with Crippen LogP contribution in [-0.2, 0) is 21.5 Å². The topological polar surface area (TPSA) is 95.0 Å². The van der Waals surface area contributed by atoms with E-state index in [1.807, 2.05) is 40.1 Å². The molecule has 2 amide bonds. The zero-order chi connectivity index (χ0) is 34.5. The van der Waals surface area contributed by atoms with Gasteiger partial charge in [-0.2, -0.15) is 12.7 Å². The number of piperidine rings is 2. The van der Waals surface area contributed by atoms with Crippen LogP contribution in [0.25, 0.3) is 28.2 Å². The normalized spacial score (nSPS) is 20.8. The summed E-state index contributed by atoms with van der Waals surface area (Å²) in [6.07, 6.45) is 9.29. The summed E-state index contributed by atoms with van der Waals surface area (Å²) in [5.74, 6) is -3.14. The van der Waals surface area contributed by atoms with E-state index in [-0.39, 0.29) is 37.0 Å². The van der Waals surface area contributed by atoms with E-state index < -0.39 is 22.0 Å². The lowest BCUT2D eigenvalue weighted by Crippen LogP contribution is -2.52. The third kappa shape index (κ3) is 6.67. The molecule has 0 bridgehead atoms. The average Bonchev–Trinajstić information content (AvgIpc) is 3.30. The monoisotopic (exact) mass is 693 g/mol. The van der Waals surface area contributed by atoms with Crippen LogP contribution in [0.4, 0.5) is 8.78 Å². The number of halogens is 2. The molecule has 262 valence electrons. The van der Waals surface area contributed by atoms with Gasteiger partial charge in [0.1, 0.15) is 0 Å². The van der Waals surface area contributed by atoms with Gasteiger partial charge in [0.05, 0.1) is 18.8 Å². The Morgan fingerprint density at radius 2 is 1.67 bits per heavy atom. The number of hydrogen-bond acceptors (Lipinski definition) is 5. The molecule has 1 N–H and O–H groups in total. The first-order valence-corrected chi connectivity index (χ1v) is 19.0. The minimum atomic E-state index is -4.00. The Morgan fingerprint density at radius 1 is 0.939 bits per heavy atom. The van der Waals surface area contributed by atoms with E-state index in [1.165, 1.54) is 26.1 Å². The molecule has 49 heavy (non-hydrogen) atoms. The molecular formula is C37H45F2N5O4S. The van der Waals surface area contributed by atoms with Crippen molar-refractivity contribution in [2.24, 2.45) is 0 Å². The molecule has 4 aliphatic rings. The van der Waals surface area contributed by atoms with Crippen molar-refractivity contribution in [2.75, 3.05) is 40.3 Å². The fraction of sp³-hybridized carbons (Fsp3) is 0.514. The van der Waals surface area contributed by atoms with Gasteiger partial charge in [-0.25, -0.2) is 13.5 Å². The summed E-state index contributed by atoms with van der Waals surface area (Å²) >= 11 is 0. The Balaban J connectivity index is 1.26. The summed E-state index contributed by atoms with van der Waals surface area (Å²) < 4.78 is 58.6. The van der Waals surface area contributed by atoms with Crippen LogP contribution in [-0.4, -0.2) is 91.1 Å². The zero-order valence-corrected chi connectivity index (χ0v) is 29.1. The van der Waals surface area contributed by atoms with Crippen molar-refractivity contribution < 1.29 is 26.8 Å². The molecule has 12 heteroatoms. The van der Waals surface area contributed by atoms with Crippen molar-refractivity contribution in [3.63, 3.8) is 0 Å². The predicted octanol–water partition coefficient (Wildman–Crippen LogP) is 6.01. The van der Waals surface area contributed by atoms with Crippen LogP contribution in [0, 0.1) is 0 Å². The van der Waals surface area contributed by atoms with Crippen LogP contribution < -0.4 is 4.72 Å². The smallest absolute Gasteiger partial charge is 0.303 e. The third-order valence-electron chi connectivity index (χ3n) is 10.9. The highest BCUT2D eigenvalue weighted by Gasteiger charge is 2.39. The van der Waals surface area contributed by atoms with Gasteiger partial charge < -0.3 is 9.47 Å². The first-order chi connectivity index (χ1) is 23.4. The Hall–Kier alpha value is -3.61. The molecule has 0 unspecified atom stereocenters. The van der Waals surface area contributed by atoms with E-state index >= 15 is 0 Å². The Bertz CT molecular complexity index is 1910. The fourth-order valence-electron chi connectivity index (χ4n) is 8.36. The molecule has 2 saturated heterocycles. The van der Waals surface area contributed by atoms with Crippen LogP contribution in [0.15, 0.2) is 48.0 Å². The summed E-state index contributed by atoms with van der Waals surface area (Å²) in [4.78, 5) is 31.4. The number of nitrogens with zero attached hydrogens (tertiary/aromatic N) is 4. The maximum atomic E-state index is 14.3. The zero-order valence-electron chi connectivity index (χ0n) is 28.3. The second kappa shape index (κ2) is 13.3. The number of alkyl halides is 2. The summed E-state index contributed by atoms with van der Waals surface area (Å²) in [6, 6.07) is 13.5. The average molecular weight is 694 g/mol. The van der Waals surface area contributed by atoms with Gasteiger partial charge in [0, 0.05) is 67.3 Å². The minimum absolute atomic E-state index is 0.0398. The van der Waals surface area contributed by atoms with Gasteiger partial charge in [0.25, 0.3) is 17.7 Å². The molecule has 7 rings (SSSR count). The standard InChI is InChI=1S/C37H45F2N5O4S/c1-41(2)49(47,48)40-35(45)27-13-14-31-32(22-27)44-23-28(36(46)42-19-15-29(16-20-42)43-18-8-17-37(38,39)24-43)21-26-11-6-7-12-30(26)34(44)33(31)25-9-4-3-5-10-25/h6-7,11-14,21-22,25,29H,3-5,8-10,15-20,23-24H2,1-2H3,(H,40,45). The number of aromatic nitrogens is 1. The number of rotatable bonds is 6. The SMILES string of the molecule is CN(C)S(=O)(=O)NC(=O)c1ccc2c(C3CCCCC3)c3n(c2c1)CC(C(=O)N1CCC(N2CCCC(F)(F)C2)CC1)=Cc1ccccc1-3. The highest BCUT2D eigenvalue weighted by atomic mass is 32.2. The van der Waals surface area contributed by atoms with Gasteiger partial charge in [-0.1, -0.05) is 49.6 Å². The van der Waals surface area contributed by atoms with Crippen LogP contribution in [0.3, 0.4) is 0 Å². The molecule has 0 atom stereocenters. The van der Waals surface area contributed by atoms with E-state index in [4.69, 9.17) is 0 Å². The Labute approximate surface area is 287 Å². The second-order valence-corrected chi connectivity index (χ2v) is 16.2. The number of likely N-dealkylation sites (tertiary alicyclic amines) is 2. The number of nitrogens with one attached hydrogen (secondary N) is 1. The Kier molecular flexibility index (Phi) is 9.16. The van der Waals surface area contributed by atoms with Crippen molar-refractivity contribution in [3.05, 3.63) is 64.7 Å². The largest absolute Gasteiger partial charge is 0.339 e. The summed E-state index contributed by atoms with van der Waals surface area (Å²) in [5, 5.41) is 1.01. The molecular weight excluding hydrogens is 649 g/mol. The van der Waals surface area contributed by atoms with Gasteiger partial charge in [-0.05, 0) is 73.9 Å². The van der Waals surface area contributed by atoms with Crippen molar-refractivity contribution in [3.8, 4) is 11.3 Å². The summed E-state index contributed by atoms with van der Waals surface area (Å²) in [7, 11) is -1.28. The second-order valence-electron chi connectivity index (χ2n) is 14.3. The minimum Gasteiger partial charge on any atom is -0.339 e. The van der Waals surface area contributed by atoms with Gasteiger partial charge in [0.15, 0.2) is 0 Å². The highest BCUT2D eigenvalue weighted by Crippen LogP contribution is 2.46. The number of hydrogen-bond donors (Lipinski definition) is 1. The lowest BCUT2D eigenvalue weighted by molar-refractivity contribution is -0.130. The maximum absolute atomic E-state index is 14.3.